The topological polar surface area (TPSA) is 57.8 Å². The van der Waals surface area contributed by atoms with Crippen molar-refractivity contribution < 1.29 is 9.90 Å². The van der Waals surface area contributed by atoms with E-state index < -0.39 is 5.97 Å². The van der Waals surface area contributed by atoms with Gasteiger partial charge in [-0.2, -0.15) is 0 Å². The van der Waals surface area contributed by atoms with Crippen molar-refractivity contribution in [3.63, 3.8) is 0 Å². The predicted molar refractivity (Wildman–Crippen MR) is 77.7 cm³/mol. The van der Waals surface area contributed by atoms with E-state index in [-0.39, 0.29) is 5.92 Å². The molecule has 1 N–H and O–H groups in total. The Morgan fingerprint density at radius 2 is 2.20 bits per heavy atom. The van der Waals surface area contributed by atoms with Gasteiger partial charge in [0.25, 0.3) is 0 Å². The second-order valence-corrected chi connectivity index (χ2v) is 5.27. The summed E-state index contributed by atoms with van der Waals surface area (Å²) in [7, 11) is 0. The molecule has 0 radical (unpaired) electrons. The van der Waals surface area contributed by atoms with Crippen LogP contribution in [0.15, 0.2) is 24.5 Å². The molecule has 0 aliphatic heterocycles. The molecule has 2 aromatic heterocycles. The Balaban J connectivity index is 2.11. The number of imidazole rings is 1. The summed E-state index contributed by atoms with van der Waals surface area (Å²) < 4.78 is 2.01. The lowest BCUT2D eigenvalue weighted by Crippen LogP contribution is -2.31. The van der Waals surface area contributed by atoms with Gasteiger partial charge in [0.15, 0.2) is 0 Å². The Kier molecular flexibility index (Phi) is 4.39. The summed E-state index contributed by atoms with van der Waals surface area (Å²) >= 11 is 0. The zero-order chi connectivity index (χ0) is 14.7. The number of aryl methyl sites for hydroxylation is 1. The molecule has 5 nitrogen and oxygen atoms in total. The number of carboxylic acids is 1. The number of pyridine rings is 1. The van der Waals surface area contributed by atoms with Crippen molar-refractivity contribution in [2.75, 3.05) is 13.1 Å². The maximum absolute atomic E-state index is 10.9. The van der Waals surface area contributed by atoms with Crippen LogP contribution in [-0.2, 0) is 11.3 Å². The molecule has 1 unspecified atom stereocenters. The maximum Gasteiger partial charge on any atom is 0.307 e. The molecule has 2 rings (SSSR count). The van der Waals surface area contributed by atoms with Crippen LogP contribution < -0.4 is 0 Å². The van der Waals surface area contributed by atoms with E-state index in [2.05, 4.69) is 9.88 Å². The summed E-state index contributed by atoms with van der Waals surface area (Å²) in [6.45, 7) is 7.84. The van der Waals surface area contributed by atoms with Crippen molar-refractivity contribution in [2.24, 2.45) is 5.92 Å². The number of aromatic nitrogens is 2. The van der Waals surface area contributed by atoms with Gasteiger partial charge in [-0.3, -0.25) is 9.69 Å². The third-order valence-electron chi connectivity index (χ3n) is 3.44. The van der Waals surface area contributed by atoms with Gasteiger partial charge in [0.05, 0.1) is 11.6 Å². The zero-order valence-corrected chi connectivity index (χ0v) is 12.2. The largest absolute Gasteiger partial charge is 0.481 e. The molecule has 0 bridgehead atoms. The van der Waals surface area contributed by atoms with E-state index >= 15 is 0 Å². The number of fused-ring (bicyclic) bond motifs is 1. The first-order valence-corrected chi connectivity index (χ1v) is 6.89. The van der Waals surface area contributed by atoms with Gasteiger partial charge in [0, 0.05) is 25.5 Å². The van der Waals surface area contributed by atoms with Gasteiger partial charge in [-0.25, -0.2) is 4.98 Å². The van der Waals surface area contributed by atoms with Crippen molar-refractivity contribution in [2.45, 2.75) is 27.3 Å². The first-order valence-electron chi connectivity index (χ1n) is 6.89. The van der Waals surface area contributed by atoms with Crippen LogP contribution in [0.25, 0.3) is 5.65 Å². The number of rotatable bonds is 6. The highest BCUT2D eigenvalue weighted by molar-refractivity contribution is 5.69. The van der Waals surface area contributed by atoms with Crippen LogP contribution >= 0.6 is 0 Å². The van der Waals surface area contributed by atoms with Gasteiger partial charge >= 0.3 is 5.97 Å². The fourth-order valence-electron chi connectivity index (χ4n) is 2.23. The van der Waals surface area contributed by atoms with Crippen molar-refractivity contribution in [1.82, 2.24) is 14.3 Å². The minimum absolute atomic E-state index is 0.366. The number of nitrogens with zero attached hydrogens (tertiary/aromatic N) is 3. The van der Waals surface area contributed by atoms with E-state index in [1.807, 2.05) is 42.8 Å². The molecule has 0 spiro atoms. The molecule has 0 aliphatic carbocycles. The average molecular weight is 275 g/mol. The third kappa shape index (κ3) is 3.36. The molecule has 108 valence electrons. The Bertz CT molecular complexity index is 606. The van der Waals surface area contributed by atoms with Crippen LogP contribution in [0.2, 0.25) is 0 Å². The minimum atomic E-state index is -0.755. The lowest BCUT2D eigenvalue weighted by Gasteiger charge is -2.21. The normalized spacial score (nSPS) is 13.0. The average Bonchev–Trinajstić information content (AvgIpc) is 2.78. The van der Waals surface area contributed by atoms with E-state index in [1.54, 1.807) is 6.92 Å². The van der Waals surface area contributed by atoms with Crippen molar-refractivity contribution >= 4 is 11.6 Å². The van der Waals surface area contributed by atoms with Crippen LogP contribution in [0, 0.1) is 12.8 Å². The van der Waals surface area contributed by atoms with Crippen LogP contribution in [-0.4, -0.2) is 38.4 Å². The number of carbonyl (C=O) groups is 1. The van der Waals surface area contributed by atoms with Crippen LogP contribution in [0.1, 0.15) is 25.1 Å². The smallest absolute Gasteiger partial charge is 0.307 e. The Labute approximate surface area is 118 Å². The number of hydrogen-bond acceptors (Lipinski definition) is 3. The number of aliphatic carboxylic acids is 1. The summed E-state index contributed by atoms with van der Waals surface area (Å²) in [6, 6.07) is 4.03. The van der Waals surface area contributed by atoms with Gasteiger partial charge in [-0.1, -0.05) is 19.9 Å². The third-order valence-corrected chi connectivity index (χ3v) is 3.44. The van der Waals surface area contributed by atoms with E-state index in [9.17, 15) is 4.79 Å². The first kappa shape index (κ1) is 14.5. The van der Waals surface area contributed by atoms with Crippen molar-refractivity contribution in [3.8, 4) is 0 Å². The molecule has 0 fully saturated rings. The van der Waals surface area contributed by atoms with Crippen LogP contribution in [0.5, 0.6) is 0 Å². The van der Waals surface area contributed by atoms with E-state index in [0.29, 0.717) is 13.1 Å². The van der Waals surface area contributed by atoms with Crippen molar-refractivity contribution in [3.05, 3.63) is 35.8 Å². The molecular weight excluding hydrogens is 254 g/mol. The number of carboxylic acid groups (broad SMARTS) is 1. The quantitative estimate of drug-likeness (QED) is 0.878. The molecule has 5 heteroatoms. The number of hydrogen-bond donors (Lipinski definition) is 1. The van der Waals surface area contributed by atoms with Gasteiger partial charge in [-0.15, -0.1) is 0 Å². The van der Waals surface area contributed by atoms with E-state index in [1.165, 1.54) is 5.56 Å². The molecule has 2 heterocycles. The molecule has 0 amide bonds. The monoisotopic (exact) mass is 275 g/mol. The lowest BCUT2D eigenvalue weighted by atomic mass is 10.1. The van der Waals surface area contributed by atoms with Gasteiger partial charge < -0.3 is 9.51 Å². The Morgan fingerprint density at radius 1 is 1.45 bits per heavy atom. The summed E-state index contributed by atoms with van der Waals surface area (Å²) in [5.41, 5.74) is 3.08. The Hall–Kier alpha value is -1.88. The summed E-state index contributed by atoms with van der Waals surface area (Å²) in [5.74, 6) is -1.12. The molecule has 1 atom stereocenters. The van der Waals surface area contributed by atoms with E-state index in [0.717, 1.165) is 17.9 Å². The molecule has 0 saturated carbocycles. The van der Waals surface area contributed by atoms with Crippen LogP contribution in [0.3, 0.4) is 0 Å². The SMILES string of the molecule is CCN(Cc1cn2cc(C)ccc2n1)CC(C)C(=O)O. The second kappa shape index (κ2) is 6.05. The highest BCUT2D eigenvalue weighted by Crippen LogP contribution is 2.10. The fraction of sp³-hybridized carbons (Fsp3) is 0.467. The molecule has 0 aliphatic rings. The standard InChI is InChI=1S/C15H21N3O2/c1-4-17(8-12(3)15(19)20)9-13-10-18-7-11(2)5-6-14(18)16-13/h5-7,10,12H,4,8-9H2,1-3H3,(H,19,20). The van der Waals surface area contributed by atoms with E-state index in [4.69, 9.17) is 5.11 Å². The van der Waals surface area contributed by atoms with Gasteiger partial charge in [-0.05, 0) is 25.1 Å². The first-order chi connectivity index (χ1) is 9.49. The summed E-state index contributed by atoms with van der Waals surface area (Å²) in [4.78, 5) is 17.6. The molecule has 0 saturated heterocycles. The molecule has 20 heavy (non-hydrogen) atoms. The van der Waals surface area contributed by atoms with Gasteiger partial charge in [0.1, 0.15) is 5.65 Å². The minimum Gasteiger partial charge on any atom is -0.481 e. The summed E-state index contributed by atoms with van der Waals surface area (Å²) in [5, 5.41) is 8.99. The lowest BCUT2D eigenvalue weighted by molar-refractivity contribution is -0.141. The maximum atomic E-state index is 10.9. The zero-order valence-electron chi connectivity index (χ0n) is 12.2. The molecule has 0 aromatic carbocycles. The van der Waals surface area contributed by atoms with Gasteiger partial charge in [0.2, 0.25) is 0 Å². The van der Waals surface area contributed by atoms with Crippen LogP contribution in [0.4, 0.5) is 0 Å². The Morgan fingerprint density at radius 3 is 2.85 bits per heavy atom. The highest BCUT2D eigenvalue weighted by atomic mass is 16.4. The molecule has 2 aromatic rings. The van der Waals surface area contributed by atoms with Crippen molar-refractivity contribution in [1.29, 1.82) is 0 Å². The fourth-order valence-corrected chi connectivity index (χ4v) is 2.23. The molecular formula is C15H21N3O2. The highest BCUT2D eigenvalue weighted by Gasteiger charge is 2.16. The predicted octanol–water partition coefficient (Wildman–Crippen LogP) is 2.19. The summed E-state index contributed by atoms with van der Waals surface area (Å²) in [6.07, 6.45) is 4.05. The second-order valence-electron chi connectivity index (χ2n) is 5.27.